The molecule has 1 unspecified atom stereocenters. The zero-order valence-corrected chi connectivity index (χ0v) is 13.7. The predicted octanol–water partition coefficient (Wildman–Crippen LogP) is 1.96. The molecular formula is C17H23NO5. The number of hydrogen-bond donors (Lipinski definition) is 1. The van der Waals surface area contributed by atoms with Gasteiger partial charge in [-0.2, -0.15) is 0 Å². The Morgan fingerprint density at radius 1 is 1.30 bits per heavy atom. The molecule has 1 atom stereocenters. The molecule has 0 aliphatic heterocycles. The summed E-state index contributed by atoms with van der Waals surface area (Å²) in [4.78, 5) is 25.4. The van der Waals surface area contributed by atoms with Gasteiger partial charge in [-0.25, -0.2) is 0 Å². The summed E-state index contributed by atoms with van der Waals surface area (Å²) >= 11 is 0. The Labute approximate surface area is 136 Å². The van der Waals surface area contributed by atoms with Crippen molar-refractivity contribution in [2.45, 2.75) is 32.2 Å². The smallest absolute Gasteiger partial charge is 0.308 e. The molecule has 1 N–H and O–H groups in total. The molecule has 0 radical (unpaired) electrons. The third kappa shape index (κ3) is 4.37. The monoisotopic (exact) mass is 321 g/mol. The van der Waals surface area contributed by atoms with E-state index in [4.69, 9.17) is 14.6 Å². The molecule has 1 fully saturated rings. The number of nitrogens with zero attached hydrogens (tertiary/aromatic N) is 1. The average molecular weight is 321 g/mol. The number of ether oxygens (including phenoxy) is 2. The van der Waals surface area contributed by atoms with Crippen molar-refractivity contribution in [1.29, 1.82) is 0 Å². The molecule has 1 aliphatic rings. The van der Waals surface area contributed by atoms with E-state index in [0.717, 1.165) is 18.4 Å². The van der Waals surface area contributed by atoms with E-state index in [9.17, 15) is 9.59 Å². The minimum absolute atomic E-state index is 0.0767. The number of carboxylic acids is 1. The van der Waals surface area contributed by atoms with E-state index in [0.29, 0.717) is 11.5 Å². The quantitative estimate of drug-likeness (QED) is 0.792. The Morgan fingerprint density at radius 2 is 2.00 bits per heavy atom. The van der Waals surface area contributed by atoms with Crippen LogP contribution in [-0.2, 0) is 16.0 Å². The highest BCUT2D eigenvalue weighted by Crippen LogP contribution is 2.30. The normalized spacial score (nSPS) is 14.9. The standard InChI is InChI=1S/C17H23NO5/c1-11(17(20)21)10-18(13-4-5-13)16(19)9-12-8-14(22-2)6-7-15(12)23-3/h6-8,11,13H,4-5,9-10H2,1-3H3,(H,20,21). The van der Waals surface area contributed by atoms with Crippen LogP contribution in [0.4, 0.5) is 0 Å². The summed E-state index contributed by atoms with van der Waals surface area (Å²) in [5, 5.41) is 9.08. The molecule has 1 aromatic rings. The van der Waals surface area contributed by atoms with Crippen molar-refractivity contribution in [3.05, 3.63) is 23.8 Å². The lowest BCUT2D eigenvalue weighted by Gasteiger charge is -2.25. The summed E-state index contributed by atoms with van der Waals surface area (Å²) in [7, 11) is 3.12. The van der Waals surface area contributed by atoms with E-state index in [1.807, 2.05) is 0 Å². The van der Waals surface area contributed by atoms with E-state index in [2.05, 4.69) is 0 Å². The van der Waals surface area contributed by atoms with Crippen LogP contribution in [0.3, 0.4) is 0 Å². The molecule has 1 aromatic carbocycles. The van der Waals surface area contributed by atoms with E-state index >= 15 is 0 Å². The molecule has 0 saturated heterocycles. The van der Waals surface area contributed by atoms with Gasteiger partial charge in [-0.15, -0.1) is 0 Å². The molecule has 0 aromatic heterocycles. The van der Waals surface area contributed by atoms with Crippen LogP contribution in [0.5, 0.6) is 11.5 Å². The molecule has 126 valence electrons. The fourth-order valence-corrected chi connectivity index (χ4v) is 2.50. The van der Waals surface area contributed by atoms with Gasteiger partial charge in [0.15, 0.2) is 0 Å². The van der Waals surface area contributed by atoms with Crippen LogP contribution >= 0.6 is 0 Å². The maximum atomic E-state index is 12.7. The summed E-state index contributed by atoms with van der Waals surface area (Å²) in [5.74, 6) is -0.257. The van der Waals surface area contributed by atoms with Crippen molar-refractivity contribution in [3.8, 4) is 11.5 Å². The van der Waals surface area contributed by atoms with Gasteiger partial charge in [-0.3, -0.25) is 9.59 Å². The fourth-order valence-electron chi connectivity index (χ4n) is 2.50. The SMILES string of the molecule is COc1ccc(OC)c(CC(=O)N(CC(C)C(=O)O)C2CC2)c1. The van der Waals surface area contributed by atoms with Crippen LogP contribution in [-0.4, -0.2) is 48.7 Å². The minimum atomic E-state index is -0.887. The zero-order valence-electron chi connectivity index (χ0n) is 13.7. The molecule has 0 bridgehead atoms. The average Bonchev–Trinajstić information content (AvgIpc) is 3.36. The van der Waals surface area contributed by atoms with Crippen molar-refractivity contribution in [3.63, 3.8) is 0 Å². The molecule has 1 aliphatic carbocycles. The minimum Gasteiger partial charge on any atom is -0.497 e. The van der Waals surface area contributed by atoms with Crippen LogP contribution < -0.4 is 9.47 Å². The molecule has 6 nitrogen and oxygen atoms in total. The summed E-state index contributed by atoms with van der Waals surface area (Å²) in [5.41, 5.74) is 0.741. The Morgan fingerprint density at radius 3 is 2.52 bits per heavy atom. The first-order chi connectivity index (χ1) is 11.0. The number of aliphatic carboxylic acids is 1. The van der Waals surface area contributed by atoms with Gasteiger partial charge in [0.2, 0.25) is 5.91 Å². The van der Waals surface area contributed by atoms with Gasteiger partial charge < -0.3 is 19.5 Å². The highest BCUT2D eigenvalue weighted by Gasteiger charge is 2.34. The van der Waals surface area contributed by atoms with Gasteiger partial charge in [0, 0.05) is 18.2 Å². The van der Waals surface area contributed by atoms with Gasteiger partial charge in [0.05, 0.1) is 26.6 Å². The van der Waals surface area contributed by atoms with Gasteiger partial charge in [-0.1, -0.05) is 6.92 Å². The predicted molar refractivity (Wildman–Crippen MR) is 84.8 cm³/mol. The molecular weight excluding hydrogens is 298 g/mol. The molecule has 1 saturated carbocycles. The molecule has 2 rings (SSSR count). The molecule has 6 heteroatoms. The second kappa shape index (κ2) is 7.35. The first kappa shape index (κ1) is 17.1. The summed E-state index contributed by atoms with van der Waals surface area (Å²) in [6.07, 6.45) is 2.05. The van der Waals surface area contributed by atoms with Crippen molar-refractivity contribution in [1.82, 2.24) is 4.90 Å². The van der Waals surface area contributed by atoms with Gasteiger partial charge in [0.25, 0.3) is 0 Å². The third-order valence-corrected chi connectivity index (χ3v) is 4.03. The molecule has 0 heterocycles. The highest BCUT2D eigenvalue weighted by molar-refractivity contribution is 5.81. The fraction of sp³-hybridized carbons (Fsp3) is 0.529. The molecule has 1 amide bonds. The maximum absolute atomic E-state index is 12.7. The molecule has 23 heavy (non-hydrogen) atoms. The second-order valence-corrected chi connectivity index (χ2v) is 5.87. The molecule has 0 spiro atoms. The van der Waals surface area contributed by atoms with E-state index in [1.165, 1.54) is 0 Å². The first-order valence-electron chi connectivity index (χ1n) is 7.69. The van der Waals surface area contributed by atoms with Crippen LogP contribution in [0.25, 0.3) is 0 Å². The summed E-state index contributed by atoms with van der Waals surface area (Å²) in [6.45, 7) is 1.86. The van der Waals surface area contributed by atoms with Crippen LogP contribution in [0.1, 0.15) is 25.3 Å². The zero-order chi connectivity index (χ0) is 17.0. The van der Waals surface area contributed by atoms with Crippen molar-refractivity contribution < 1.29 is 24.2 Å². The lowest BCUT2D eigenvalue weighted by atomic mass is 10.1. The maximum Gasteiger partial charge on any atom is 0.308 e. The van der Waals surface area contributed by atoms with Crippen molar-refractivity contribution in [2.24, 2.45) is 5.92 Å². The summed E-state index contributed by atoms with van der Waals surface area (Å²) in [6, 6.07) is 5.49. The number of rotatable bonds is 8. The Hall–Kier alpha value is -2.24. The van der Waals surface area contributed by atoms with Crippen LogP contribution in [0.2, 0.25) is 0 Å². The van der Waals surface area contributed by atoms with E-state index < -0.39 is 11.9 Å². The third-order valence-electron chi connectivity index (χ3n) is 4.03. The second-order valence-electron chi connectivity index (χ2n) is 5.87. The number of carbonyl (C=O) groups is 2. The Kier molecular flexibility index (Phi) is 5.47. The van der Waals surface area contributed by atoms with E-state index in [1.54, 1.807) is 44.2 Å². The number of methoxy groups -OCH3 is 2. The van der Waals surface area contributed by atoms with Gasteiger partial charge in [0.1, 0.15) is 11.5 Å². The number of hydrogen-bond acceptors (Lipinski definition) is 4. The topological polar surface area (TPSA) is 76.1 Å². The lowest BCUT2D eigenvalue weighted by Crippen LogP contribution is -2.39. The van der Waals surface area contributed by atoms with Crippen molar-refractivity contribution in [2.75, 3.05) is 20.8 Å². The Balaban J connectivity index is 2.13. The lowest BCUT2D eigenvalue weighted by molar-refractivity contribution is -0.143. The van der Waals surface area contributed by atoms with Gasteiger partial charge >= 0.3 is 5.97 Å². The largest absolute Gasteiger partial charge is 0.497 e. The van der Waals surface area contributed by atoms with Crippen LogP contribution in [0, 0.1) is 5.92 Å². The van der Waals surface area contributed by atoms with Crippen LogP contribution in [0.15, 0.2) is 18.2 Å². The summed E-state index contributed by atoms with van der Waals surface area (Å²) < 4.78 is 10.5. The van der Waals surface area contributed by atoms with Crippen molar-refractivity contribution >= 4 is 11.9 Å². The number of amides is 1. The first-order valence-corrected chi connectivity index (χ1v) is 7.69. The van der Waals surface area contributed by atoms with Gasteiger partial charge in [-0.05, 0) is 31.0 Å². The Bertz CT molecular complexity index is 582. The van der Waals surface area contributed by atoms with E-state index in [-0.39, 0.29) is 24.9 Å². The number of benzene rings is 1. The number of carbonyl (C=O) groups excluding carboxylic acids is 1. The number of carboxylic acid groups (broad SMARTS) is 1. The highest BCUT2D eigenvalue weighted by atomic mass is 16.5.